The van der Waals surface area contributed by atoms with E-state index in [4.69, 9.17) is 4.74 Å². The lowest BCUT2D eigenvalue weighted by atomic mass is 10.1. The van der Waals surface area contributed by atoms with E-state index in [1.54, 1.807) is 0 Å². The van der Waals surface area contributed by atoms with E-state index in [1.807, 2.05) is 0 Å². The smallest absolute Gasteiger partial charge is 0.158 e. The van der Waals surface area contributed by atoms with E-state index < -0.39 is 0 Å². The van der Waals surface area contributed by atoms with Gasteiger partial charge in [0.2, 0.25) is 0 Å². The largest absolute Gasteiger partial charge is 0.368 e. The molecule has 0 bridgehead atoms. The summed E-state index contributed by atoms with van der Waals surface area (Å²) < 4.78 is 5.80. The molecule has 2 rings (SSSR count). The molecule has 20 heavy (non-hydrogen) atoms. The van der Waals surface area contributed by atoms with Crippen LogP contribution in [0.2, 0.25) is 0 Å². The summed E-state index contributed by atoms with van der Waals surface area (Å²) in [7, 11) is 2.11. The zero-order chi connectivity index (χ0) is 14.5. The fraction of sp³-hybridized carbons (Fsp3) is 0.733. The van der Waals surface area contributed by atoms with Gasteiger partial charge in [0.15, 0.2) is 5.82 Å². The maximum Gasteiger partial charge on any atom is 0.158 e. The highest BCUT2D eigenvalue weighted by molar-refractivity contribution is 5.24. The van der Waals surface area contributed by atoms with Crippen molar-refractivity contribution >= 4 is 0 Å². The highest BCUT2D eigenvalue weighted by Crippen LogP contribution is 2.20. The van der Waals surface area contributed by atoms with Gasteiger partial charge in [-0.1, -0.05) is 6.92 Å². The maximum absolute atomic E-state index is 5.80. The number of aryl methyl sites for hydroxylation is 2. The second-order valence-electron chi connectivity index (χ2n) is 5.53. The lowest BCUT2D eigenvalue weighted by Crippen LogP contribution is -2.36. The molecule has 1 aromatic rings. The molecule has 2 heterocycles. The van der Waals surface area contributed by atoms with Crippen LogP contribution in [0.25, 0.3) is 0 Å². The minimum Gasteiger partial charge on any atom is -0.368 e. The van der Waals surface area contributed by atoms with Gasteiger partial charge in [-0.15, -0.1) is 0 Å². The van der Waals surface area contributed by atoms with Crippen molar-refractivity contribution < 1.29 is 4.74 Å². The molecule has 1 atom stereocenters. The molecule has 0 saturated carbocycles. The molecule has 1 fully saturated rings. The van der Waals surface area contributed by atoms with E-state index in [1.165, 1.54) is 5.56 Å². The van der Waals surface area contributed by atoms with Crippen LogP contribution in [0.15, 0.2) is 0 Å². The number of likely N-dealkylation sites (N-methyl/N-ethyl adjacent to an activating group) is 1. The van der Waals surface area contributed by atoms with Crippen molar-refractivity contribution in [1.82, 2.24) is 20.2 Å². The Balaban J connectivity index is 2.12. The molecule has 1 aliphatic rings. The van der Waals surface area contributed by atoms with E-state index in [0.29, 0.717) is 0 Å². The summed E-state index contributed by atoms with van der Waals surface area (Å²) in [6.45, 7) is 10.8. The molecule has 0 radical (unpaired) electrons. The number of nitrogens with zero attached hydrogens (tertiary/aromatic N) is 3. The van der Waals surface area contributed by atoms with Crippen LogP contribution in [0.4, 0.5) is 0 Å². The fourth-order valence-corrected chi connectivity index (χ4v) is 2.49. The van der Waals surface area contributed by atoms with Crippen molar-refractivity contribution in [3.8, 4) is 0 Å². The predicted molar refractivity (Wildman–Crippen MR) is 79.7 cm³/mol. The molecule has 0 aliphatic carbocycles. The minimum atomic E-state index is 0.00352. The summed E-state index contributed by atoms with van der Waals surface area (Å²) in [6, 6.07) is 0. The van der Waals surface area contributed by atoms with E-state index in [0.717, 1.165) is 56.4 Å². The number of hydrogen-bond acceptors (Lipinski definition) is 5. The van der Waals surface area contributed by atoms with Crippen molar-refractivity contribution in [2.45, 2.75) is 39.8 Å². The Morgan fingerprint density at radius 1 is 1.30 bits per heavy atom. The Morgan fingerprint density at radius 3 is 2.60 bits per heavy atom. The van der Waals surface area contributed by atoms with Crippen molar-refractivity contribution in [1.29, 1.82) is 0 Å². The number of aromatic nitrogens is 2. The van der Waals surface area contributed by atoms with Crippen molar-refractivity contribution in [3.63, 3.8) is 0 Å². The third-order valence-electron chi connectivity index (χ3n) is 3.72. The standard InChI is InChI=1S/C15H26N4O/c1-5-6-16-9-13-11(2)17-15(18-12(13)3)14-10-19(4)7-8-20-14/h14,16H,5-10H2,1-4H3. The van der Waals surface area contributed by atoms with Gasteiger partial charge < -0.3 is 15.0 Å². The monoisotopic (exact) mass is 278 g/mol. The second kappa shape index (κ2) is 7.11. The van der Waals surface area contributed by atoms with Crippen molar-refractivity contribution in [3.05, 3.63) is 22.8 Å². The lowest BCUT2D eigenvalue weighted by molar-refractivity contribution is -0.0256. The van der Waals surface area contributed by atoms with E-state index >= 15 is 0 Å². The summed E-state index contributed by atoms with van der Waals surface area (Å²) in [6.07, 6.45) is 1.14. The Labute approximate surface area is 121 Å². The van der Waals surface area contributed by atoms with E-state index in [2.05, 4.69) is 48.0 Å². The van der Waals surface area contributed by atoms with Gasteiger partial charge in [-0.3, -0.25) is 0 Å². The summed E-state index contributed by atoms with van der Waals surface area (Å²) >= 11 is 0. The van der Waals surface area contributed by atoms with E-state index in [9.17, 15) is 0 Å². The van der Waals surface area contributed by atoms with Crippen LogP contribution >= 0.6 is 0 Å². The topological polar surface area (TPSA) is 50.3 Å². The van der Waals surface area contributed by atoms with Crippen LogP contribution in [0, 0.1) is 13.8 Å². The molecule has 1 unspecified atom stereocenters. The van der Waals surface area contributed by atoms with Crippen LogP contribution in [0.3, 0.4) is 0 Å². The molecule has 0 aromatic carbocycles. The zero-order valence-corrected chi connectivity index (χ0v) is 13.1. The van der Waals surface area contributed by atoms with Crippen LogP contribution in [-0.4, -0.2) is 48.2 Å². The Kier molecular flexibility index (Phi) is 5.46. The van der Waals surface area contributed by atoms with Gasteiger partial charge >= 0.3 is 0 Å². The summed E-state index contributed by atoms with van der Waals surface area (Å²) in [5, 5.41) is 3.42. The van der Waals surface area contributed by atoms with Crippen LogP contribution in [-0.2, 0) is 11.3 Å². The first kappa shape index (κ1) is 15.4. The molecule has 5 heteroatoms. The summed E-state index contributed by atoms with van der Waals surface area (Å²) in [5.41, 5.74) is 3.34. The third kappa shape index (κ3) is 3.75. The van der Waals surface area contributed by atoms with Crippen molar-refractivity contribution in [2.24, 2.45) is 0 Å². The van der Waals surface area contributed by atoms with Gasteiger partial charge in [0.05, 0.1) is 6.61 Å². The number of nitrogens with one attached hydrogen (secondary N) is 1. The second-order valence-corrected chi connectivity index (χ2v) is 5.53. The van der Waals surface area contributed by atoms with Crippen LogP contribution in [0.5, 0.6) is 0 Å². The molecule has 0 spiro atoms. The fourth-order valence-electron chi connectivity index (χ4n) is 2.49. The Morgan fingerprint density at radius 2 is 2.00 bits per heavy atom. The third-order valence-corrected chi connectivity index (χ3v) is 3.72. The quantitative estimate of drug-likeness (QED) is 0.829. The molecule has 1 N–H and O–H groups in total. The van der Waals surface area contributed by atoms with Crippen LogP contribution < -0.4 is 5.32 Å². The molecule has 1 aliphatic heterocycles. The van der Waals surface area contributed by atoms with Gasteiger partial charge in [0.1, 0.15) is 6.10 Å². The SMILES string of the molecule is CCCNCc1c(C)nc(C2CN(C)CCO2)nc1C. The van der Waals surface area contributed by atoms with E-state index in [-0.39, 0.29) is 6.10 Å². The molecule has 1 aromatic heterocycles. The average Bonchev–Trinajstić information content (AvgIpc) is 2.41. The van der Waals surface area contributed by atoms with Gasteiger partial charge in [-0.25, -0.2) is 9.97 Å². The van der Waals surface area contributed by atoms with Crippen LogP contribution in [0.1, 0.15) is 42.2 Å². The summed E-state index contributed by atoms with van der Waals surface area (Å²) in [4.78, 5) is 11.6. The lowest BCUT2D eigenvalue weighted by Gasteiger charge is -2.29. The Hall–Kier alpha value is -1.04. The predicted octanol–water partition coefficient (Wildman–Crippen LogP) is 1.60. The first-order valence-corrected chi connectivity index (χ1v) is 7.46. The minimum absolute atomic E-state index is 0.00352. The highest BCUT2D eigenvalue weighted by Gasteiger charge is 2.23. The number of morpholine rings is 1. The molecule has 112 valence electrons. The zero-order valence-electron chi connectivity index (χ0n) is 13.1. The normalized spacial score (nSPS) is 20.3. The molecule has 0 amide bonds. The van der Waals surface area contributed by atoms with Gasteiger partial charge in [-0.2, -0.15) is 0 Å². The first-order valence-electron chi connectivity index (χ1n) is 7.46. The molecular weight excluding hydrogens is 252 g/mol. The molecule has 5 nitrogen and oxygen atoms in total. The maximum atomic E-state index is 5.80. The van der Waals surface area contributed by atoms with Crippen molar-refractivity contribution in [2.75, 3.05) is 33.3 Å². The number of hydrogen-bond donors (Lipinski definition) is 1. The average molecular weight is 278 g/mol. The number of rotatable bonds is 5. The first-order chi connectivity index (χ1) is 9.61. The van der Waals surface area contributed by atoms with Gasteiger partial charge in [0, 0.05) is 36.6 Å². The van der Waals surface area contributed by atoms with Gasteiger partial charge in [-0.05, 0) is 33.9 Å². The Bertz CT molecular complexity index is 426. The highest BCUT2D eigenvalue weighted by atomic mass is 16.5. The summed E-state index contributed by atoms with van der Waals surface area (Å²) in [5.74, 6) is 0.825. The number of ether oxygens (including phenoxy) is 1. The van der Waals surface area contributed by atoms with Gasteiger partial charge in [0.25, 0.3) is 0 Å². The molecular formula is C15H26N4O. The molecule has 1 saturated heterocycles.